The van der Waals surface area contributed by atoms with Gasteiger partial charge in [0.05, 0.1) is 7.11 Å². The Morgan fingerprint density at radius 3 is 1.95 bits per heavy atom. The summed E-state index contributed by atoms with van der Waals surface area (Å²) in [7, 11) is 3.59. The molecule has 0 saturated carbocycles. The highest BCUT2D eigenvalue weighted by atomic mass is 16.5. The van der Waals surface area contributed by atoms with Crippen LogP contribution in [0.5, 0.6) is 0 Å². The standard InChI is InChI=1S/C17H36N2O2/c1-12(2)18-17(8,15(20)21-10)11-13(3)19(9)14(4)16(5,6)7/h12-14,18H,11H2,1-10H3. The molecule has 4 nitrogen and oxygen atoms in total. The second-order valence-electron chi connectivity index (χ2n) is 7.88. The number of carbonyl (C=O) groups excluding carboxylic acids is 1. The van der Waals surface area contributed by atoms with E-state index in [1.807, 2.05) is 20.8 Å². The minimum absolute atomic E-state index is 0.195. The van der Waals surface area contributed by atoms with Crippen LogP contribution < -0.4 is 5.32 Å². The zero-order valence-electron chi connectivity index (χ0n) is 15.7. The Labute approximate surface area is 131 Å². The lowest BCUT2D eigenvalue weighted by atomic mass is 9.85. The largest absolute Gasteiger partial charge is 0.468 e. The molecule has 1 N–H and O–H groups in total. The van der Waals surface area contributed by atoms with Crippen molar-refractivity contribution in [2.24, 2.45) is 5.41 Å². The first-order chi connectivity index (χ1) is 9.35. The summed E-state index contributed by atoms with van der Waals surface area (Å²) in [5.74, 6) is -0.195. The van der Waals surface area contributed by atoms with Gasteiger partial charge in [-0.2, -0.15) is 0 Å². The van der Waals surface area contributed by atoms with Crippen molar-refractivity contribution in [3.8, 4) is 0 Å². The zero-order chi connectivity index (χ0) is 17.0. The summed E-state index contributed by atoms with van der Waals surface area (Å²) in [6, 6.07) is 0.926. The number of rotatable bonds is 7. The molecule has 4 heteroatoms. The third-order valence-electron chi connectivity index (χ3n) is 4.51. The third-order valence-corrected chi connectivity index (χ3v) is 4.51. The van der Waals surface area contributed by atoms with E-state index in [9.17, 15) is 4.79 Å². The van der Waals surface area contributed by atoms with Gasteiger partial charge in [0.15, 0.2) is 0 Å². The quantitative estimate of drug-likeness (QED) is 0.734. The van der Waals surface area contributed by atoms with Crippen LogP contribution in [0.15, 0.2) is 0 Å². The maximum absolute atomic E-state index is 12.2. The van der Waals surface area contributed by atoms with E-state index in [2.05, 4.69) is 51.9 Å². The van der Waals surface area contributed by atoms with E-state index in [1.54, 1.807) is 0 Å². The van der Waals surface area contributed by atoms with Crippen LogP contribution in [0.2, 0.25) is 0 Å². The number of nitrogens with zero attached hydrogens (tertiary/aromatic N) is 1. The number of carbonyl (C=O) groups is 1. The van der Waals surface area contributed by atoms with E-state index >= 15 is 0 Å². The zero-order valence-corrected chi connectivity index (χ0v) is 15.7. The Kier molecular flexibility index (Phi) is 7.37. The number of hydrogen-bond donors (Lipinski definition) is 1. The first kappa shape index (κ1) is 20.4. The predicted octanol–water partition coefficient (Wildman–Crippen LogP) is 3.06. The van der Waals surface area contributed by atoms with Gasteiger partial charge in [-0.3, -0.25) is 10.1 Å². The molecule has 0 aliphatic carbocycles. The molecule has 3 unspecified atom stereocenters. The fourth-order valence-electron chi connectivity index (χ4n) is 2.79. The molecule has 0 aromatic carbocycles. The Hall–Kier alpha value is -0.610. The lowest BCUT2D eigenvalue weighted by Crippen LogP contribution is -2.57. The molecule has 0 heterocycles. The van der Waals surface area contributed by atoms with Crippen molar-refractivity contribution in [3.05, 3.63) is 0 Å². The topological polar surface area (TPSA) is 41.6 Å². The van der Waals surface area contributed by atoms with Crippen molar-refractivity contribution in [1.29, 1.82) is 0 Å². The van der Waals surface area contributed by atoms with Gasteiger partial charge in [-0.15, -0.1) is 0 Å². The summed E-state index contributed by atoms with van der Waals surface area (Å²) in [5, 5.41) is 3.37. The molecule has 3 atom stereocenters. The van der Waals surface area contributed by atoms with Gasteiger partial charge in [0.25, 0.3) is 0 Å². The second-order valence-corrected chi connectivity index (χ2v) is 7.88. The summed E-state index contributed by atoms with van der Waals surface area (Å²) in [6.45, 7) is 17.2. The van der Waals surface area contributed by atoms with Gasteiger partial charge in [0.2, 0.25) is 0 Å². The van der Waals surface area contributed by atoms with Gasteiger partial charge in [0, 0.05) is 18.1 Å². The Morgan fingerprint density at radius 1 is 1.14 bits per heavy atom. The van der Waals surface area contributed by atoms with Crippen LogP contribution in [-0.4, -0.2) is 48.7 Å². The van der Waals surface area contributed by atoms with Crippen molar-refractivity contribution in [3.63, 3.8) is 0 Å². The van der Waals surface area contributed by atoms with E-state index in [0.717, 1.165) is 6.42 Å². The highest BCUT2D eigenvalue weighted by Gasteiger charge is 2.38. The molecule has 0 aromatic rings. The molecular weight excluding hydrogens is 264 g/mol. The van der Waals surface area contributed by atoms with Crippen molar-refractivity contribution in [1.82, 2.24) is 10.2 Å². The number of methoxy groups -OCH3 is 1. The van der Waals surface area contributed by atoms with Crippen LogP contribution in [0, 0.1) is 5.41 Å². The maximum atomic E-state index is 12.2. The first-order valence-electron chi connectivity index (χ1n) is 7.93. The first-order valence-corrected chi connectivity index (χ1v) is 7.93. The number of hydrogen-bond acceptors (Lipinski definition) is 4. The van der Waals surface area contributed by atoms with E-state index in [0.29, 0.717) is 6.04 Å². The number of esters is 1. The number of ether oxygens (including phenoxy) is 1. The van der Waals surface area contributed by atoms with Crippen LogP contribution in [0.4, 0.5) is 0 Å². The summed E-state index contributed by atoms with van der Waals surface area (Å²) in [4.78, 5) is 14.5. The van der Waals surface area contributed by atoms with Crippen LogP contribution in [-0.2, 0) is 9.53 Å². The summed E-state index contributed by atoms with van der Waals surface area (Å²) < 4.78 is 5.00. The van der Waals surface area contributed by atoms with Crippen LogP contribution >= 0.6 is 0 Å². The van der Waals surface area contributed by atoms with Gasteiger partial charge in [0.1, 0.15) is 5.54 Å². The molecule has 0 aliphatic rings. The summed E-state index contributed by atoms with van der Waals surface area (Å²) in [5.41, 5.74) is -0.454. The maximum Gasteiger partial charge on any atom is 0.325 e. The summed E-state index contributed by atoms with van der Waals surface area (Å²) in [6.07, 6.45) is 0.717. The van der Waals surface area contributed by atoms with Crippen molar-refractivity contribution >= 4 is 5.97 Å². The minimum atomic E-state index is -0.659. The van der Waals surface area contributed by atoms with E-state index in [1.165, 1.54) is 7.11 Å². The van der Waals surface area contributed by atoms with Crippen molar-refractivity contribution < 1.29 is 9.53 Å². The molecule has 21 heavy (non-hydrogen) atoms. The van der Waals surface area contributed by atoms with Crippen LogP contribution in [0.3, 0.4) is 0 Å². The van der Waals surface area contributed by atoms with Gasteiger partial charge in [-0.25, -0.2) is 0 Å². The second kappa shape index (κ2) is 7.59. The molecule has 0 spiro atoms. The molecule has 0 fully saturated rings. The molecule has 0 rings (SSSR count). The Bertz CT molecular complexity index is 336. The summed E-state index contributed by atoms with van der Waals surface area (Å²) >= 11 is 0. The van der Waals surface area contributed by atoms with Crippen molar-refractivity contribution in [2.45, 2.75) is 85.5 Å². The van der Waals surface area contributed by atoms with Gasteiger partial charge in [-0.05, 0) is 53.5 Å². The fraction of sp³-hybridized carbons (Fsp3) is 0.941. The molecule has 0 radical (unpaired) electrons. The minimum Gasteiger partial charge on any atom is -0.468 e. The normalized spacial score (nSPS) is 18.5. The molecule has 0 aliphatic heterocycles. The smallest absolute Gasteiger partial charge is 0.325 e. The Balaban J connectivity index is 5.05. The lowest BCUT2D eigenvalue weighted by Gasteiger charge is -2.42. The third kappa shape index (κ3) is 5.95. The van der Waals surface area contributed by atoms with E-state index in [-0.39, 0.29) is 23.5 Å². The number of nitrogens with one attached hydrogen (secondary N) is 1. The van der Waals surface area contributed by atoms with Gasteiger partial charge >= 0.3 is 5.97 Å². The molecule has 0 saturated heterocycles. The molecule has 0 bridgehead atoms. The van der Waals surface area contributed by atoms with Gasteiger partial charge < -0.3 is 9.64 Å². The van der Waals surface area contributed by atoms with Crippen LogP contribution in [0.25, 0.3) is 0 Å². The molecule has 0 aromatic heterocycles. The van der Waals surface area contributed by atoms with Crippen molar-refractivity contribution in [2.75, 3.05) is 14.2 Å². The lowest BCUT2D eigenvalue weighted by molar-refractivity contribution is -0.149. The molecule has 0 amide bonds. The van der Waals surface area contributed by atoms with E-state index in [4.69, 9.17) is 4.74 Å². The highest BCUT2D eigenvalue weighted by Crippen LogP contribution is 2.27. The molecule has 126 valence electrons. The Morgan fingerprint density at radius 2 is 1.62 bits per heavy atom. The monoisotopic (exact) mass is 300 g/mol. The fourth-order valence-corrected chi connectivity index (χ4v) is 2.79. The average Bonchev–Trinajstić information content (AvgIpc) is 2.33. The highest BCUT2D eigenvalue weighted by molar-refractivity contribution is 5.80. The van der Waals surface area contributed by atoms with E-state index < -0.39 is 5.54 Å². The average molecular weight is 300 g/mol. The SMILES string of the molecule is COC(=O)C(C)(CC(C)N(C)C(C)C(C)(C)C)NC(C)C. The predicted molar refractivity (Wildman–Crippen MR) is 89.5 cm³/mol. The van der Waals surface area contributed by atoms with Crippen LogP contribution in [0.1, 0.15) is 61.8 Å². The van der Waals surface area contributed by atoms with Gasteiger partial charge in [-0.1, -0.05) is 20.8 Å². The molecular formula is C17H36N2O2.